The van der Waals surface area contributed by atoms with Gasteiger partial charge in [0.05, 0.1) is 37.1 Å². The topological polar surface area (TPSA) is 99.0 Å². The van der Waals surface area contributed by atoms with Crippen LogP contribution >= 0.6 is 0 Å². The van der Waals surface area contributed by atoms with Crippen LogP contribution in [0.5, 0.6) is 0 Å². The quantitative estimate of drug-likeness (QED) is 0.613. The molecule has 0 saturated heterocycles. The molecule has 0 radical (unpaired) electrons. The fourth-order valence-electron chi connectivity index (χ4n) is 10.2. The Morgan fingerprint density at radius 2 is 1.81 bits per heavy atom. The minimum Gasteiger partial charge on any atom is -0.386 e. The Labute approximate surface area is 189 Å². The van der Waals surface area contributed by atoms with Crippen LogP contribution in [0, 0.1) is 34.5 Å². The molecule has 0 amide bonds. The van der Waals surface area contributed by atoms with Gasteiger partial charge in [0.15, 0.2) is 0 Å². The highest BCUT2D eigenvalue weighted by atomic mass is 16.5. The zero-order valence-electron chi connectivity index (χ0n) is 19.7. The van der Waals surface area contributed by atoms with E-state index in [-0.39, 0.29) is 47.4 Å². The molecule has 180 valence electrons. The van der Waals surface area contributed by atoms with Gasteiger partial charge in [-0.15, -0.1) is 0 Å². The van der Waals surface area contributed by atoms with Crippen molar-refractivity contribution in [3.8, 4) is 0 Å². The molecule has 7 bridgehead atoms. The summed E-state index contributed by atoms with van der Waals surface area (Å²) in [6.45, 7) is 0.510. The molecule has 2 N–H and O–H groups in total. The van der Waals surface area contributed by atoms with Gasteiger partial charge in [0.2, 0.25) is 0 Å². The second-order valence-corrected chi connectivity index (χ2v) is 11.2. The first kappa shape index (κ1) is 21.9. The minimum absolute atomic E-state index is 0.0666. The smallest absolute Gasteiger partial charge is 0.143 e. The number of rotatable bonds is 6. The van der Waals surface area contributed by atoms with Crippen molar-refractivity contribution in [2.45, 2.75) is 67.3 Å². The number of aliphatic imine (C=N–C) groups is 1. The van der Waals surface area contributed by atoms with Gasteiger partial charge in [0, 0.05) is 76.8 Å². The molecular formula is C24H37NO7. The molecule has 6 rings (SSSR count). The molecule has 8 nitrogen and oxygen atoms in total. The van der Waals surface area contributed by atoms with Crippen LogP contribution in [-0.2, 0) is 23.7 Å². The third-order valence-corrected chi connectivity index (χ3v) is 10.8. The lowest BCUT2D eigenvalue weighted by molar-refractivity contribution is -0.293. The molecular weight excluding hydrogens is 414 g/mol. The summed E-state index contributed by atoms with van der Waals surface area (Å²) < 4.78 is 30.1. The Hall–Kier alpha value is -0.610. The lowest BCUT2D eigenvalue weighted by atomic mass is 9.44. The summed E-state index contributed by atoms with van der Waals surface area (Å²) in [6.07, 6.45) is 3.90. The van der Waals surface area contributed by atoms with Crippen molar-refractivity contribution in [3.63, 3.8) is 0 Å². The number of nitrogens with zero attached hydrogens (tertiary/aromatic N) is 1. The van der Waals surface area contributed by atoms with E-state index in [1.54, 1.807) is 35.5 Å². The van der Waals surface area contributed by atoms with E-state index in [1.807, 2.05) is 6.21 Å². The molecule has 0 aromatic heterocycles. The Morgan fingerprint density at radius 3 is 2.44 bits per heavy atom. The molecule has 1 spiro atoms. The van der Waals surface area contributed by atoms with Crippen LogP contribution in [0.4, 0.5) is 0 Å². The van der Waals surface area contributed by atoms with Gasteiger partial charge in [0.1, 0.15) is 11.2 Å². The van der Waals surface area contributed by atoms with Gasteiger partial charge < -0.3 is 33.9 Å². The first-order chi connectivity index (χ1) is 15.4. The molecule has 5 saturated carbocycles. The number of ether oxygens (including phenoxy) is 5. The van der Waals surface area contributed by atoms with Crippen LogP contribution in [0.15, 0.2) is 4.99 Å². The van der Waals surface area contributed by atoms with E-state index in [4.69, 9.17) is 28.7 Å². The van der Waals surface area contributed by atoms with E-state index in [0.29, 0.717) is 13.0 Å². The number of hydrogen-bond acceptors (Lipinski definition) is 8. The van der Waals surface area contributed by atoms with E-state index in [2.05, 4.69) is 0 Å². The highest BCUT2D eigenvalue weighted by Gasteiger charge is 2.90. The van der Waals surface area contributed by atoms with Crippen LogP contribution in [0.3, 0.4) is 0 Å². The largest absolute Gasteiger partial charge is 0.386 e. The Morgan fingerprint density at radius 1 is 1.03 bits per heavy atom. The van der Waals surface area contributed by atoms with Crippen molar-refractivity contribution in [3.05, 3.63) is 0 Å². The van der Waals surface area contributed by atoms with Crippen LogP contribution in [0.2, 0.25) is 0 Å². The van der Waals surface area contributed by atoms with Crippen molar-refractivity contribution in [1.29, 1.82) is 0 Å². The molecule has 5 aliphatic carbocycles. The number of hydrogen-bond donors (Lipinski definition) is 2. The minimum atomic E-state index is -1.57. The second kappa shape index (κ2) is 6.74. The fourth-order valence-corrected chi connectivity index (χ4v) is 10.2. The SMILES string of the molecule is COC[C@@]12C=N[C@H]3[C@]4([C@@H](OC)CC1)[C@@H]1C[C@@H]5[C@@H](OC)C[C@@](O)(C1[C@H]5OC)[C@]3(O)[C@@H](OC)[C@H]24. The van der Waals surface area contributed by atoms with Gasteiger partial charge in [-0.1, -0.05) is 0 Å². The maximum absolute atomic E-state index is 12.7. The first-order valence-electron chi connectivity index (χ1n) is 11.9. The molecule has 32 heavy (non-hydrogen) atoms. The zero-order chi connectivity index (χ0) is 22.7. The summed E-state index contributed by atoms with van der Waals surface area (Å²) in [5.41, 5.74) is -3.81. The summed E-state index contributed by atoms with van der Waals surface area (Å²) in [5, 5.41) is 25.2. The normalized spacial score (nSPS) is 61.3. The van der Waals surface area contributed by atoms with E-state index >= 15 is 0 Å². The molecule has 5 fully saturated rings. The second-order valence-electron chi connectivity index (χ2n) is 11.2. The van der Waals surface area contributed by atoms with Crippen molar-refractivity contribution in [2.24, 2.45) is 39.5 Å². The average Bonchev–Trinajstić information content (AvgIpc) is 3.18. The van der Waals surface area contributed by atoms with E-state index < -0.39 is 28.8 Å². The summed E-state index contributed by atoms with van der Waals surface area (Å²) in [5.74, 6) is -0.0448. The van der Waals surface area contributed by atoms with E-state index in [0.717, 1.165) is 19.3 Å². The Bertz CT molecular complexity index is 824. The average molecular weight is 452 g/mol. The number of aliphatic hydroxyl groups is 2. The van der Waals surface area contributed by atoms with Crippen molar-refractivity contribution < 1.29 is 33.9 Å². The van der Waals surface area contributed by atoms with Crippen LogP contribution in [-0.4, -0.2) is 100 Å². The Balaban J connectivity index is 1.65. The van der Waals surface area contributed by atoms with E-state index in [9.17, 15) is 10.2 Å². The number of fused-ring (bicyclic) bond motifs is 2. The number of methoxy groups -OCH3 is 5. The molecule has 0 aromatic carbocycles. The van der Waals surface area contributed by atoms with Crippen LogP contribution < -0.4 is 0 Å². The highest BCUT2D eigenvalue weighted by molar-refractivity contribution is 5.72. The first-order valence-corrected chi connectivity index (χ1v) is 11.9. The molecule has 6 aliphatic rings. The van der Waals surface area contributed by atoms with Gasteiger partial charge in [-0.05, 0) is 25.2 Å². The summed E-state index contributed by atoms with van der Waals surface area (Å²) in [7, 11) is 8.55. The molecule has 8 heteroatoms. The fraction of sp³-hybridized carbons (Fsp3) is 0.958. The van der Waals surface area contributed by atoms with Gasteiger partial charge in [-0.3, -0.25) is 4.99 Å². The maximum atomic E-state index is 12.7. The monoisotopic (exact) mass is 451 g/mol. The van der Waals surface area contributed by atoms with Gasteiger partial charge in [0.25, 0.3) is 0 Å². The highest BCUT2D eigenvalue weighted by Crippen LogP contribution is 2.79. The molecule has 1 heterocycles. The van der Waals surface area contributed by atoms with Gasteiger partial charge in [-0.25, -0.2) is 0 Å². The summed E-state index contributed by atoms with van der Waals surface area (Å²) >= 11 is 0. The standard InChI is InChI=1S/C24H37NO7/c1-28-11-21-7-6-15(30-3)23-13-8-12-14(29-2)9-22(26,16(13)17(12)31-4)24(27,20(23)25-10-21)19(32-5)18(21)23/h10,12-20,26-27H,6-9,11H2,1-5H3/t12-,13-,14+,15+,16?,17+,18-,19+,20+,21+,22-,23+,24+/m1/s1. The van der Waals surface area contributed by atoms with Crippen LogP contribution in [0.25, 0.3) is 0 Å². The molecule has 0 aromatic rings. The lowest BCUT2D eigenvalue weighted by Gasteiger charge is -2.65. The molecule has 1 aliphatic heterocycles. The predicted octanol–water partition coefficient (Wildman–Crippen LogP) is 0.674. The third kappa shape index (κ3) is 1.98. The Kier molecular flexibility index (Phi) is 4.61. The summed E-state index contributed by atoms with van der Waals surface area (Å²) in [6, 6.07) is -0.502. The maximum Gasteiger partial charge on any atom is 0.143 e. The van der Waals surface area contributed by atoms with Gasteiger partial charge in [-0.2, -0.15) is 0 Å². The third-order valence-electron chi connectivity index (χ3n) is 10.8. The zero-order valence-corrected chi connectivity index (χ0v) is 19.7. The molecule has 1 unspecified atom stereocenters. The van der Waals surface area contributed by atoms with Crippen molar-refractivity contribution in [2.75, 3.05) is 42.2 Å². The molecule has 13 atom stereocenters. The predicted molar refractivity (Wildman–Crippen MR) is 115 cm³/mol. The van der Waals surface area contributed by atoms with Gasteiger partial charge >= 0.3 is 0 Å². The summed E-state index contributed by atoms with van der Waals surface area (Å²) in [4.78, 5) is 5.08. The van der Waals surface area contributed by atoms with Crippen LogP contribution in [0.1, 0.15) is 25.7 Å². The van der Waals surface area contributed by atoms with Crippen molar-refractivity contribution in [1.82, 2.24) is 0 Å². The lowest BCUT2D eigenvalue weighted by Crippen LogP contribution is -2.77. The van der Waals surface area contributed by atoms with Crippen molar-refractivity contribution >= 4 is 6.21 Å². The van der Waals surface area contributed by atoms with E-state index in [1.165, 1.54) is 0 Å².